The molecule has 1 aromatic carbocycles. The van der Waals surface area contributed by atoms with Gasteiger partial charge in [-0.25, -0.2) is 0 Å². The predicted molar refractivity (Wildman–Crippen MR) is 75.7 cm³/mol. The number of hydrogen-bond acceptors (Lipinski definition) is 2. The molecule has 1 saturated heterocycles. The number of rotatable bonds is 3. The van der Waals surface area contributed by atoms with Gasteiger partial charge in [-0.15, -0.1) is 0 Å². The van der Waals surface area contributed by atoms with Crippen molar-refractivity contribution in [1.29, 1.82) is 0 Å². The van der Waals surface area contributed by atoms with Gasteiger partial charge >= 0.3 is 0 Å². The van der Waals surface area contributed by atoms with Crippen molar-refractivity contribution >= 4 is 0 Å². The molecule has 1 aliphatic heterocycles. The van der Waals surface area contributed by atoms with E-state index >= 15 is 0 Å². The number of ether oxygens (including phenoxy) is 1. The zero-order valence-electron chi connectivity index (χ0n) is 12.2. The topological polar surface area (TPSA) is 21.3 Å². The van der Waals surface area contributed by atoms with Crippen molar-refractivity contribution in [2.24, 2.45) is 0 Å². The Hall–Kier alpha value is -0.860. The molecule has 100 valence electrons. The summed E-state index contributed by atoms with van der Waals surface area (Å²) in [5.41, 5.74) is 2.55. The first kappa shape index (κ1) is 13.6. The fourth-order valence-corrected chi connectivity index (χ4v) is 2.94. The maximum Gasteiger partial charge on any atom is 0.0787 e. The van der Waals surface area contributed by atoms with E-state index in [2.05, 4.69) is 64.2 Å². The summed E-state index contributed by atoms with van der Waals surface area (Å²) in [5.74, 6) is 0. The monoisotopic (exact) mass is 247 g/mol. The summed E-state index contributed by atoms with van der Waals surface area (Å²) in [6, 6.07) is 9.07. The molecular formula is C16H25NO. The summed E-state index contributed by atoms with van der Waals surface area (Å²) in [7, 11) is 0. The fourth-order valence-electron chi connectivity index (χ4n) is 2.94. The number of nitrogens with one attached hydrogen (secondary N) is 1. The second-order valence-corrected chi connectivity index (χ2v) is 6.59. The van der Waals surface area contributed by atoms with Crippen LogP contribution in [0.3, 0.4) is 0 Å². The summed E-state index contributed by atoms with van der Waals surface area (Å²) in [4.78, 5) is 0. The lowest BCUT2D eigenvalue weighted by Gasteiger charge is -2.28. The van der Waals surface area contributed by atoms with E-state index < -0.39 is 0 Å². The largest absolute Gasteiger partial charge is 0.368 e. The molecule has 1 unspecified atom stereocenters. The third kappa shape index (κ3) is 3.12. The van der Waals surface area contributed by atoms with Crippen molar-refractivity contribution in [2.75, 3.05) is 0 Å². The summed E-state index contributed by atoms with van der Waals surface area (Å²) < 4.78 is 6.10. The van der Waals surface area contributed by atoms with E-state index in [-0.39, 0.29) is 11.2 Å². The van der Waals surface area contributed by atoms with E-state index in [1.807, 2.05) is 0 Å². The van der Waals surface area contributed by atoms with Gasteiger partial charge in [-0.3, -0.25) is 0 Å². The maximum absolute atomic E-state index is 6.10. The Bertz CT molecular complexity index is 423. The van der Waals surface area contributed by atoms with E-state index in [1.165, 1.54) is 11.1 Å². The molecule has 2 heteroatoms. The first-order chi connectivity index (χ1) is 8.28. The van der Waals surface area contributed by atoms with Crippen molar-refractivity contribution in [1.82, 2.24) is 5.32 Å². The molecule has 18 heavy (non-hydrogen) atoms. The smallest absolute Gasteiger partial charge is 0.0787 e. The fraction of sp³-hybridized carbons (Fsp3) is 0.625. The van der Waals surface area contributed by atoms with Crippen LogP contribution in [0, 0.1) is 6.92 Å². The minimum atomic E-state index is -0.0900. The first-order valence-corrected chi connectivity index (χ1v) is 6.78. The Morgan fingerprint density at radius 1 is 1.28 bits per heavy atom. The van der Waals surface area contributed by atoms with Crippen LogP contribution in [0.1, 0.15) is 45.2 Å². The van der Waals surface area contributed by atoms with Gasteiger partial charge in [0.15, 0.2) is 0 Å². The third-order valence-corrected chi connectivity index (χ3v) is 3.71. The maximum atomic E-state index is 6.10. The standard InChI is InChI=1S/C16H25NO/c1-12-7-6-8-13(9-12)11-17-14-10-15(2,3)18-16(14,4)5/h6-9,14,17H,10-11H2,1-5H3. The molecular weight excluding hydrogens is 222 g/mol. The summed E-state index contributed by atoms with van der Waals surface area (Å²) in [6.07, 6.45) is 1.06. The van der Waals surface area contributed by atoms with Crippen LogP contribution in [0.4, 0.5) is 0 Å². The lowest BCUT2D eigenvalue weighted by Crippen LogP contribution is -2.42. The average Bonchev–Trinajstić information content (AvgIpc) is 2.43. The molecule has 0 aromatic heterocycles. The Morgan fingerprint density at radius 2 is 2.00 bits per heavy atom. The molecule has 0 amide bonds. The average molecular weight is 247 g/mol. The first-order valence-electron chi connectivity index (χ1n) is 6.78. The highest BCUT2D eigenvalue weighted by molar-refractivity contribution is 5.22. The van der Waals surface area contributed by atoms with Crippen molar-refractivity contribution in [3.63, 3.8) is 0 Å². The van der Waals surface area contributed by atoms with Gasteiger partial charge in [0.05, 0.1) is 11.2 Å². The highest BCUT2D eigenvalue weighted by Gasteiger charge is 2.45. The van der Waals surface area contributed by atoms with E-state index in [0.29, 0.717) is 6.04 Å². The molecule has 1 aromatic rings. The Labute approximate surface area is 111 Å². The lowest BCUT2D eigenvalue weighted by molar-refractivity contribution is -0.0699. The van der Waals surface area contributed by atoms with Gasteiger partial charge in [0.25, 0.3) is 0 Å². The summed E-state index contributed by atoms with van der Waals surface area (Å²) in [5, 5.41) is 3.65. The zero-order chi connectivity index (χ0) is 13.4. The summed E-state index contributed by atoms with van der Waals surface area (Å²) in [6.45, 7) is 11.7. The van der Waals surface area contributed by atoms with E-state index in [0.717, 1.165) is 13.0 Å². The second kappa shape index (κ2) is 4.67. The Morgan fingerprint density at radius 3 is 2.56 bits per heavy atom. The molecule has 0 saturated carbocycles. The molecule has 2 rings (SSSR count). The van der Waals surface area contributed by atoms with Crippen molar-refractivity contribution in [3.05, 3.63) is 35.4 Å². The molecule has 0 spiro atoms. The van der Waals surface area contributed by atoms with Crippen LogP contribution in [0.25, 0.3) is 0 Å². The van der Waals surface area contributed by atoms with Crippen molar-refractivity contribution < 1.29 is 4.74 Å². The Balaban J connectivity index is 1.98. The molecule has 1 N–H and O–H groups in total. The lowest BCUT2D eigenvalue weighted by atomic mass is 9.94. The SMILES string of the molecule is Cc1cccc(CNC2CC(C)(C)OC2(C)C)c1. The van der Waals surface area contributed by atoms with Crippen LogP contribution < -0.4 is 5.32 Å². The van der Waals surface area contributed by atoms with Crippen molar-refractivity contribution in [2.45, 2.75) is 64.8 Å². The molecule has 1 heterocycles. The minimum absolute atomic E-state index is 0.0201. The zero-order valence-corrected chi connectivity index (χ0v) is 12.2. The molecule has 2 nitrogen and oxygen atoms in total. The van der Waals surface area contributed by atoms with Crippen LogP contribution in [-0.4, -0.2) is 17.2 Å². The highest BCUT2D eigenvalue weighted by atomic mass is 16.5. The molecule has 1 aliphatic rings. The number of aryl methyl sites for hydroxylation is 1. The highest BCUT2D eigenvalue weighted by Crippen LogP contribution is 2.37. The molecule has 0 aliphatic carbocycles. The quantitative estimate of drug-likeness (QED) is 0.883. The van der Waals surface area contributed by atoms with E-state index in [9.17, 15) is 0 Å². The van der Waals surface area contributed by atoms with E-state index in [4.69, 9.17) is 4.74 Å². The van der Waals surface area contributed by atoms with Crippen LogP contribution in [-0.2, 0) is 11.3 Å². The van der Waals surface area contributed by atoms with Gasteiger partial charge in [0.2, 0.25) is 0 Å². The minimum Gasteiger partial charge on any atom is -0.368 e. The molecule has 0 bridgehead atoms. The van der Waals surface area contributed by atoms with Crippen molar-refractivity contribution in [3.8, 4) is 0 Å². The van der Waals surface area contributed by atoms with Gasteiger partial charge in [0.1, 0.15) is 0 Å². The Kier molecular flexibility index (Phi) is 3.52. The third-order valence-electron chi connectivity index (χ3n) is 3.71. The van der Waals surface area contributed by atoms with Gasteiger partial charge in [-0.05, 0) is 46.6 Å². The van der Waals surface area contributed by atoms with Crippen LogP contribution >= 0.6 is 0 Å². The number of hydrogen-bond donors (Lipinski definition) is 1. The second-order valence-electron chi connectivity index (χ2n) is 6.59. The number of benzene rings is 1. The molecule has 1 fully saturated rings. The van der Waals surface area contributed by atoms with Gasteiger partial charge in [-0.2, -0.15) is 0 Å². The van der Waals surface area contributed by atoms with Gasteiger partial charge in [-0.1, -0.05) is 29.8 Å². The van der Waals surface area contributed by atoms with Crippen LogP contribution in [0.15, 0.2) is 24.3 Å². The van der Waals surface area contributed by atoms with Gasteiger partial charge < -0.3 is 10.1 Å². The van der Waals surface area contributed by atoms with Crippen LogP contribution in [0.5, 0.6) is 0 Å². The van der Waals surface area contributed by atoms with Gasteiger partial charge in [0, 0.05) is 12.6 Å². The molecule has 0 radical (unpaired) electrons. The molecule has 1 atom stereocenters. The predicted octanol–water partition coefficient (Wildman–Crippen LogP) is 3.43. The van der Waals surface area contributed by atoms with E-state index in [1.54, 1.807) is 0 Å². The van der Waals surface area contributed by atoms with Crippen LogP contribution in [0.2, 0.25) is 0 Å². The normalized spacial score (nSPS) is 25.3. The summed E-state index contributed by atoms with van der Waals surface area (Å²) >= 11 is 0.